The van der Waals surface area contributed by atoms with Crippen molar-refractivity contribution in [1.82, 2.24) is 0 Å². The van der Waals surface area contributed by atoms with Crippen LogP contribution >= 0.6 is 0 Å². The van der Waals surface area contributed by atoms with Gasteiger partial charge < -0.3 is 5.11 Å². The molecule has 6 heteroatoms. The van der Waals surface area contributed by atoms with E-state index in [1.807, 2.05) is 6.92 Å². The molecule has 0 spiro atoms. The molecule has 1 N–H and O–H groups in total. The first kappa shape index (κ1) is 12.6. The second kappa shape index (κ2) is 8.21. The van der Waals surface area contributed by atoms with Gasteiger partial charge in [-0.2, -0.15) is 4.89 Å². The van der Waals surface area contributed by atoms with Crippen LogP contribution in [0.1, 0.15) is 19.8 Å². The van der Waals surface area contributed by atoms with E-state index in [-0.39, 0.29) is 0 Å². The number of carbonyl (C=O) groups excluding carboxylic acids is 1. The number of rotatable bonds is 7. The summed E-state index contributed by atoms with van der Waals surface area (Å²) >= 11 is 0. The standard InChI is InChI=1S/C8H12O6/c1-2-3-6-12-14-13-8(11)5-4-7(9)10/h4-5H,2-3,6H2,1H3,(H,9,10). The number of carbonyl (C=O) groups is 2. The van der Waals surface area contributed by atoms with Crippen LogP contribution in [0.5, 0.6) is 0 Å². The van der Waals surface area contributed by atoms with Gasteiger partial charge in [-0.3, -0.25) is 4.89 Å². The summed E-state index contributed by atoms with van der Waals surface area (Å²) in [6.07, 6.45) is 3.06. The van der Waals surface area contributed by atoms with Gasteiger partial charge in [0, 0.05) is 12.2 Å². The molecule has 0 aliphatic carbocycles. The predicted octanol–water partition coefficient (Wildman–Crippen LogP) is 0.834. The van der Waals surface area contributed by atoms with Crippen LogP contribution in [0.3, 0.4) is 0 Å². The van der Waals surface area contributed by atoms with E-state index < -0.39 is 11.9 Å². The van der Waals surface area contributed by atoms with E-state index in [0.29, 0.717) is 18.8 Å². The van der Waals surface area contributed by atoms with Gasteiger partial charge in [0.15, 0.2) is 0 Å². The number of aliphatic carboxylic acids is 1. The van der Waals surface area contributed by atoms with E-state index in [4.69, 9.17) is 5.11 Å². The van der Waals surface area contributed by atoms with E-state index in [2.05, 4.69) is 14.8 Å². The maximum Gasteiger partial charge on any atom is 0.369 e. The summed E-state index contributed by atoms with van der Waals surface area (Å²) < 4.78 is 0. The average Bonchev–Trinajstić information content (AvgIpc) is 2.14. The summed E-state index contributed by atoms with van der Waals surface area (Å²) in [5.41, 5.74) is 0. The van der Waals surface area contributed by atoms with Crippen LogP contribution in [0.2, 0.25) is 0 Å². The fourth-order valence-corrected chi connectivity index (χ4v) is 0.462. The highest BCUT2D eigenvalue weighted by Crippen LogP contribution is 1.90. The van der Waals surface area contributed by atoms with E-state index in [9.17, 15) is 9.59 Å². The molecule has 0 aliphatic heterocycles. The molecule has 0 saturated carbocycles. The molecule has 0 amide bonds. The lowest BCUT2D eigenvalue weighted by Crippen LogP contribution is -2.04. The van der Waals surface area contributed by atoms with Gasteiger partial charge in [0.1, 0.15) is 0 Å². The Hall–Kier alpha value is -1.40. The number of hydrogen-bond acceptors (Lipinski definition) is 5. The Kier molecular flexibility index (Phi) is 7.39. The zero-order valence-electron chi connectivity index (χ0n) is 7.76. The third kappa shape index (κ3) is 8.69. The average molecular weight is 204 g/mol. The second-order valence-corrected chi connectivity index (χ2v) is 2.32. The van der Waals surface area contributed by atoms with Crippen LogP contribution in [0, 0.1) is 0 Å². The van der Waals surface area contributed by atoms with Gasteiger partial charge in [-0.25, -0.2) is 9.59 Å². The maximum absolute atomic E-state index is 10.6. The summed E-state index contributed by atoms with van der Waals surface area (Å²) in [6.45, 7) is 2.28. The summed E-state index contributed by atoms with van der Waals surface area (Å²) in [5.74, 6) is -2.18. The minimum absolute atomic E-state index is 0.312. The van der Waals surface area contributed by atoms with Crippen molar-refractivity contribution in [2.24, 2.45) is 0 Å². The molecular weight excluding hydrogens is 192 g/mol. The van der Waals surface area contributed by atoms with Crippen LogP contribution in [0.25, 0.3) is 0 Å². The zero-order valence-corrected chi connectivity index (χ0v) is 7.76. The van der Waals surface area contributed by atoms with Crippen LogP contribution in [-0.4, -0.2) is 23.7 Å². The topological polar surface area (TPSA) is 82.1 Å². The molecule has 0 unspecified atom stereocenters. The van der Waals surface area contributed by atoms with Crippen LogP contribution in [0.15, 0.2) is 12.2 Å². The molecule has 6 nitrogen and oxygen atoms in total. The molecule has 0 atom stereocenters. The maximum atomic E-state index is 10.6. The Morgan fingerprint density at radius 3 is 2.64 bits per heavy atom. The fraction of sp³-hybridized carbons (Fsp3) is 0.500. The van der Waals surface area contributed by atoms with Crippen molar-refractivity contribution >= 4 is 11.9 Å². The highest BCUT2D eigenvalue weighted by Gasteiger charge is 1.99. The lowest BCUT2D eigenvalue weighted by atomic mass is 10.4. The minimum Gasteiger partial charge on any atom is -0.478 e. The Morgan fingerprint density at radius 2 is 2.07 bits per heavy atom. The molecule has 0 aliphatic rings. The lowest BCUT2D eigenvalue weighted by Gasteiger charge is -1.98. The first-order chi connectivity index (χ1) is 6.66. The van der Waals surface area contributed by atoms with E-state index in [1.54, 1.807) is 0 Å². The highest BCUT2D eigenvalue weighted by molar-refractivity contribution is 5.90. The SMILES string of the molecule is CCCCOOOC(=O)C=CC(=O)O. The second-order valence-electron chi connectivity index (χ2n) is 2.32. The van der Waals surface area contributed by atoms with Crippen LogP contribution in [0.4, 0.5) is 0 Å². The Labute approximate surface area is 80.9 Å². The molecule has 0 heterocycles. The molecule has 0 fully saturated rings. The van der Waals surface area contributed by atoms with Gasteiger partial charge in [0.2, 0.25) is 0 Å². The molecule has 0 aromatic heterocycles. The van der Waals surface area contributed by atoms with Gasteiger partial charge in [0.25, 0.3) is 0 Å². The van der Waals surface area contributed by atoms with Crippen molar-refractivity contribution in [2.75, 3.05) is 6.61 Å². The van der Waals surface area contributed by atoms with E-state index in [0.717, 1.165) is 12.8 Å². The number of carboxylic acids is 1. The molecule has 0 bridgehead atoms. The summed E-state index contributed by atoms with van der Waals surface area (Å²) in [5, 5.41) is 12.2. The Bertz CT molecular complexity index is 210. The Morgan fingerprint density at radius 1 is 1.36 bits per heavy atom. The van der Waals surface area contributed by atoms with Gasteiger partial charge in [-0.1, -0.05) is 13.3 Å². The van der Waals surface area contributed by atoms with Crippen LogP contribution < -0.4 is 0 Å². The third-order valence-electron chi connectivity index (χ3n) is 1.11. The van der Waals surface area contributed by atoms with Gasteiger partial charge in [0.05, 0.1) is 6.61 Å². The summed E-state index contributed by atoms with van der Waals surface area (Å²) in [4.78, 5) is 29.0. The minimum atomic E-state index is -1.24. The molecular formula is C8H12O6. The number of unbranched alkanes of at least 4 members (excludes halogenated alkanes) is 1. The van der Waals surface area contributed by atoms with Crippen molar-refractivity contribution in [3.8, 4) is 0 Å². The molecule has 0 rings (SSSR count). The molecule has 0 radical (unpaired) electrons. The van der Waals surface area contributed by atoms with Crippen molar-refractivity contribution in [1.29, 1.82) is 0 Å². The number of carboxylic acid groups (broad SMARTS) is 1. The van der Waals surface area contributed by atoms with Gasteiger partial charge in [-0.15, -0.1) is 0 Å². The monoisotopic (exact) mass is 204 g/mol. The van der Waals surface area contributed by atoms with Gasteiger partial charge in [-0.05, 0) is 11.5 Å². The molecule has 80 valence electrons. The van der Waals surface area contributed by atoms with Crippen molar-refractivity contribution in [3.63, 3.8) is 0 Å². The van der Waals surface area contributed by atoms with Crippen molar-refractivity contribution in [3.05, 3.63) is 12.2 Å². The smallest absolute Gasteiger partial charge is 0.369 e. The zero-order chi connectivity index (χ0) is 10.8. The molecule has 0 saturated heterocycles. The first-order valence-corrected chi connectivity index (χ1v) is 4.08. The number of hydrogen-bond donors (Lipinski definition) is 1. The summed E-state index contributed by atoms with van der Waals surface area (Å²) in [7, 11) is 0. The third-order valence-corrected chi connectivity index (χ3v) is 1.11. The van der Waals surface area contributed by atoms with Crippen molar-refractivity contribution < 1.29 is 29.5 Å². The quantitative estimate of drug-likeness (QED) is 0.286. The normalized spacial score (nSPS) is 10.4. The fourth-order valence-electron chi connectivity index (χ4n) is 0.462. The van der Waals surface area contributed by atoms with Crippen LogP contribution in [-0.2, 0) is 24.4 Å². The van der Waals surface area contributed by atoms with Gasteiger partial charge >= 0.3 is 11.9 Å². The summed E-state index contributed by atoms with van der Waals surface area (Å²) in [6, 6.07) is 0. The predicted molar refractivity (Wildman–Crippen MR) is 44.8 cm³/mol. The van der Waals surface area contributed by atoms with Crippen molar-refractivity contribution in [2.45, 2.75) is 19.8 Å². The largest absolute Gasteiger partial charge is 0.478 e. The molecule has 0 aromatic rings. The Balaban J connectivity index is 3.40. The lowest BCUT2D eigenvalue weighted by molar-refractivity contribution is -0.484. The van der Waals surface area contributed by atoms with E-state index in [1.165, 1.54) is 0 Å². The van der Waals surface area contributed by atoms with E-state index >= 15 is 0 Å². The highest BCUT2D eigenvalue weighted by atomic mass is 17.5. The molecule has 14 heavy (non-hydrogen) atoms. The first-order valence-electron chi connectivity index (χ1n) is 4.08. The molecule has 0 aromatic carbocycles.